The number of carbonyl (C=O) groups is 3. The highest BCUT2D eigenvalue weighted by molar-refractivity contribution is 6.02. The number of ketones is 1. The van der Waals surface area contributed by atoms with Crippen LogP contribution >= 0.6 is 0 Å². The predicted octanol–water partition coefficient (Wildman–Crippen LogP) is 1.86. The van der Waals surface area contributed by atoms with E-state index in [-0.39, 0.29) is 36.0 Å². The Morgan fingerprint density at radius 2 is 1.96 bits per heavy atom. The third-order valence-corrected chi connectivity index (χ3v) is 5.49. The summed E-state index contributed by atoms with van der Waals surface area (Å²) in [4.78, 5) is 38.9. The number of rotatable bonds is 4. The third-order valence-electron chi connectivity index (χ3n) is 5.49. The van der Waals surface area contributed by atoms with E-state index in [2.05, 4.69) is 30.7 Å². The Balaban J connectivity index is 1.96. The lowest BCUT2D eigenvalue weighted by Crippen LogP contribution is -2.50. The molecule has 1 aromatic heterocycles. The molecule has 142 valence electrons. The van der Waals surface area contributed by atoms with Crippen LogP contribution in [-0.2, 0) is 29.0 Å². The van der Waals surface area contributed by atoms with Gasteiger partial charge < -0.3 is 14.8 Å². The molecule has 1 aromatic rings. The van der Waals surface area contributed by atoms with Crippen LogP contribution < -0.4 is 5.32 Å². The second-order valence-electron chi connectivity index (χ2n) is 8.32. The van der Waals surface area contributed by atoms with Gasteiger partial charge in [0.1, 0.15) is 0 Å². The van der Waals surface area contributed by atoms with Gasteiger partial charge in [-0.2, -0.15) is 0 Å². The largest absolute Gasteiger partial charge is 0.353 e. The summed E-state index contributed by atoms with van der Waals surface area (Å²) < 4.78 is 2.24. The molecule has 0 atom stereocenters. The Kier molecular flexibility index (Phi) is 4.95. The van der Waals surface area contributed by atoms with Gasteiger partial charge in [-0.15, -0.1) is 0 Å². The highest BCUT2D eigenvalue weighted by Crippen LogP contribution is 2.39. The molecule has 0 unspecified atom stereocenters. The van der Waals surface area contributed by atoms with Crippen molar-refractivity contribution in [2.75, 3.05) is 19.6 Å². The first-order valence-corrected chi connectivity index (χ1v) is 9.52. The van der Waals surface area contributed by atoms with Crippen LogP contribution in [0, 0.1) is 12.3 Å². The molecule has 0 spiro atoms. The monoisotopic (exact) mass is 359 g/mol. The van der Waals surface area contributed by atoms with Gasteiger partial charge in [0.05, 0.1) is 13.0 Å². The second kappa shape index (κ2) is 6.89. The minimum Gasteiger partial charge on any atom is -0.353 e. The normalized spacial score (nSPS) is 19.3. The maximum atomic E-state index is 12.9. The van der Waals surface area contributed by atoms with E-state index in [0.29, 0.717) is 19.5 Å². The molecule has 2 amide bonds. The van der Waals surface area contributed by atoms with Crippen molar-refractivity contribution in [1.82, 2.24) is 14.8 Å². The number of carbonyl (C=O) groups excluding carboxylic acids is 3. The Morgan fingerprint density at radius 3 is 2.62 bits per heavy atom. The molecule has 1 aliphatic heterocycles. The van der Waals surface area contributed by atoms with Gasteiger partial charge in [-0.3, -0.25) is 14.4 Å². The first-order chi connectivity index (χ1) is 12.2. The fraction of sp³-hybridized carbons (Fsp3) is 0.650. The average molecular weight is 359 g/mol. The van der Waals surface area contributed by atoms with Crippen molar-refractivity contribution in [3.05, 3.63) is 22.5 Å². The fourth-order valence-corrected chi connectivity index (χ4v) is 4.26. The summed E-state index contributed by atoms with van der Waals surface area (Å²) in [5, 5.41) is 2.74. The summed E-state index contributed by atoms with van der Waals surface area (Å²) in [6, 6.07) is 0. The van der Waals surface area contributed by atoms with Gasteiger partial charge in [0.15, 0.2) is 5.78 Å². The number of hydrogen-bond donors (Lipinski definition) is 1. The molecule has 6 heteroatoms. The topological polar surface area (TPSA) is 71.4 Å². The SMILES string of the molecule is CCCn1c(C)c(CC(=O)N2CCNC(=O)C2)c2c1CC(C)(C)CC2=O. The Hall–Kier alpha value is -2.11. The van der Waals surface area contributed by atoms with Gasteiger partial charge in [-0.05, 0) is 30.7 Å². The van der Waals surface area contributed by atoms with Crippen LogP contribution in [0.3, 0.4) is 0 Å². The van der Waals surface area contributed by atoms with E-state index in [4.69, 9.17) is 0 Å². The van der Waals surface area contributed by atoms with E-state index in [1.165, 1.54) is 0 Å². The van der Waals surface area contributed by atoms with E-state index < -0.39 is 0 Å². The molecule has 3 rings (SSSR count). The van der Waals surface area contributed by atoms with Gasteiger partial charge >= 0.3 is 0 Å². The molecule has 0 saturated carbocycles. The van der Waals surface area contributed by atoms with Crippen LogP contribution in [0.2, 0.25) is 0 Å². The van der Waals surface area contributed by atoms with E-state index in [1.54, 1.807) is 4.90 Å². The Labute approximate surface area is 154 Å². The number of fused-ring (bicyclic) bond motifs is 1. The van der Waals surface area contributed by atoms with Crippen molar-refractivity contribution in [3.63, 3.8) is 0 Å². The highest BCUT2D eigenvalue weighted by Gasteiger charge is 2.37. The number of aromatic nitrogens is 1. The number of nitrogens with one attached hydrogen (secondary N) is 1. The molecule has 1 fully saturated rings. The lowest BCUT2D eigenvalue weighted by molar-refractivity contribution is -0.137. The number of nitrogens with zero attached hydrogens (tertiary/aromatic N) is 2. The van der Waals surface area contributed by atoms with Crippen LogP contribution in [-0.4, -0.2) is 46.7 Å². The van der Waals surface area contributed by atoms with Crippen molar-refractivity contribution in [2.24, 2.45) is 5.41 Å². The van der Waals surface area contributed by atoms with E-state index >= 15 is 0 Å². The molecule has 1 saturated heterocycles. The van der Waals surface area contributed by atoms with E-state index in [1.807, 2.05) is 6.92 Å². The number of amides is 2. The van der Waals surface area contributed by atoms with Gasteiger partial charge in [0.25, 0.3) is 0 Å². The van der Waals surface area contributed by atoms with Gasteiger partial charge in [-0.25, -0.2) is 0 Å². The quantitative estimate of drug-likeness (QED) is 0.892. The summed E-state index contributed by atoms with van der Waals surface area (Å²) in [6.07, 6.45) is 2.55. The Bertz CT molecular complexity index is 761. The number of hydrogen-bond acceptors (Lipinski definition) is 3. The average Bonchev–Trinajstić information content (AvgIpc) is 2.79. The maximum absolute atomic E-state index is 12.9. The molecule has 1 aliphatic carbocycles. The van der Waals surface area contributed by atoms with Crippen LogP contribution in [0.1, 0.15) is 60.9 Å². The minimum atomic E-state index is -0.121. The van der Waals surface area contributed by atoms with Crippen LogP contribution in [0.25, 0.3) is 0 Å². The van der Waals surface area contributed by atoms with Crippen molar-refractivity contribution >= 4 is 17.6 Å². The zero-order valence-corrected chi connectivity index (χ0v) is 16.3. The predicted molar refractivity (Wildman–Crippen MR) is 99.2 cm³/mol. The number of Topliss-reactive ketones (excluding diaryl/α,β-unsaturated/α-hetero) is 1. The van der Waals surface area contributed by atoms with Gasteiger partial charge in [0, 0.05) is 43.0 Å². The highest BCUT2D eigenvalue weighted by atomic mass is 16.2. The molecular weight excluding hydrogens is 330 g/mol. The van der Waals surface area contributed by atoms with Crippen LogP contribution in [0.4, 0.5) is 0 Å². The van der Waals surface area contributed by atoms with Crippen molar-refractivity contribution < 1.29 is 14.4 Å². The first-order valence-electron chi connectivity index (χ1n) is 9.52. The fourth-order valence-electron chi connectivity index (χ4n) is 4.26. The van der Waals surface area contributed by atoms with E-state index in [9.17, 15) is 14.4 Å². The number of piperazine rings is 1. The maximum Gasteiger partial charge on any atom is 0.239 e. The standard InChI is InChI=1S/C20H29N3O3/c1-5-7-23-13(2)14(9-18(26)22-8-6-21-17(25)12-22)19-15(23)10-20(3,4)11-16(19)24/h5-12H2,1-4H3,(H,21,25). The first kappa shape index (κ1) is 18.7. The van der Waals surface area contributed by atoms with Crippen LogP contribution in [0.5, 0.6) is 0 Å². The van der Waals surface area contributed by atoms with Gasteiger partial charge in [0.2, 0.25) is 11.8 Å². The smallest absolute Gasteiger partial charge is 0.239 e. The summed E-state index contributed by atoms with van der Waals surface area (Å²) in [6.45, 7) is 10.4. The summed E-state index contributed by atoms with van der Waals surface area (Å²) in [5.74, 6) is -0.0462. The molecule has 6 nitrogen and oxygen atoms in total. The minimum absolute atomic E-state index is 0.0490. The van der Waals surface area contributed by atoms with Crippen molar-refractivity contribution in [1.29, 1.82) is 0 Å². The van der Waals surface area contributed by atoms with Gasteiger partial charge in [-0.1, -0.05) is 20.8 Å². The third kappa shape index (κ3) is 3.41. The molecule has 0 radical (unpaired) electrons. The molecule has 2 heterocycles. The molecule has 2 aliphatic rings. The second-order valence-corrected chi connectivity index (χ2v) is 8.32. The van der Waals surface area contributed by atoms with E-state index in [0.717, 1.165) is 41.9 Å². The summed E-state index contributed by atoms with van der Waals surface area (Å²) >= 11 is 0. The molecular formula is C20H29N3O3. The lowest BCUT2D eigenvalue weighted by Gasteiger charge is -2.30. The molecule has 0 aromatic carbocycles. The summed E-state index contributed by atoms with van der Waals surface area (Å²) in [5.41, 5.74) is 3.70. The molecule has 1 N–H and O–H groups in total. The molecule has 26 heavy (non-hydrogen) atoms. The zero-order chi connectivity index (χ0) is 19.1. The molecule has 0 bridgehead atoms. The van der Waals surface area contributed by atoms with Crippen LogP contribution in [0.15, 0.2) is 0 Å². The van der Waals surface area contributed by atoms with Crippen molar-refractivity contribution in [2.45, 2.75) is 59.9 Å². The lowest BCUT2D eigenvalue weighted by atomic mass is 9.75. The Morgan fingerprint density at radius 1 is 1.23 bits per heavy atom. The zero-order valence-electron chi connectivity index (χ0n) is 16.3. The van der Waals surface area contributed by atoms with Crippen molar-refractivity contribution in [3.8, 4) is 0 Å². The summed E-state index contributed by atoms with van der Waals surface area (Å²) in [7, 11) is 0.